The molecule has 0 aromatic carbocycles. The van der Waals surface area contributed by atoms with Crippen LogP contribution >= 0.6 is 0 Å². The quantitative estimate of drug-likeness (QED) is 0.483. The minimum Gasteiger partial charge on any atom is -0.300 e. The van der Waals surface area contributed by atoms with Gasteiger partial charge >= 0.3 is 0 Å². The third-order valence-corrected chi connectivity index (χ3v) is 1.29. The van der Waals surface area contributed by atoms with E-state index < -0.39 is 0 Å². The molecule has 1 atom stereocenters. The summed E-state index contributed by atoms with van der Waals surface area (Å²) in [4.78, 5) is 2.26. The van der Waals surface area contributed by atoms with E-state index in [1.807, 2.05) is 6.92 Å². The lowest BCUT2D eigenvalue weighted by molar-refractivity contribution is 0.495. The van der Waals surface area contributed by atoms with Crippen molar-refractivity contribution in [1.29, 1.82) is 5.26 Å². The second-order valence-electron chi connectivity index (χ2n) is 2.33. The van der Waals surface area contributed by atoms with E-state index in [1.165, 1.54) is 13.1 Å². The molecule has 0 spiro atoms. The summed E-state index contributed by atoms with van der Waals surface area (Å²) in [6.07, 6.45) is 0. The fraction of sp³-hybridized carbons (Fsp3) is 0.833. The summed E-state index contributed by atoms with van der Waals surface area (Å²) in [5, 5.41) is 8.33. The molecule has 0 bridgehead atoms. The third kappa shape index (κ3) is 1.51. The molecule has 0 radical (unpaired) electrons. The van der Waals surface area contributed by atoms with Gasteiger partial charge in [0.1, 0.15) is 0 Å². The van der Waals surface area contributed by atoms with Crippen LogP contribution in [0.5, 0.6) is 0 Å². The Morgan fingerprint density at radius 1 is 1.75 bits per heavy atom. The second kappa shape index (κ2) is 2.15. The van der Waals surface area contributed by atoms with Gasteiger partial charge in [0.2, 0.25) is 0 Å². The Balaban J connectivity index is 2.09. The molecule has 1 aliphatic heterocycles. The summed E-state index contributed by atoms with van der Waals surface area (Å²) in [5.41, 5.74) is 0. The van der Waals surface area contributed by atoms with Crippen molar-refractivity contribution in [2.75, 3.05) is 19.6 Å². The first-order valence-electron chi connectivity index (χ1n) is 2.95. The number of hydrogen-bond acceptors (Lipinski definition) is 2. The molecule has 1 rings (SSSR count). The average Bonchev–Trinajstić information content (AvgIpc) is 2.50. The molecule has 2 heteroatoms. The summed E-state index contributed by atoms with van der Waals surface area (Å²) < 4.78 is 0. The third-order valence-electron chi connectivity index (χ3n) is 1.29. The van der Waals surface area contributed by atoms with E-state index in [-0.39, 0.29) is 5.92 Å². The van der Waals surface area contributed by atoms with Crippen molar-refractivity contribution in [3.8, 4) is 6.07 Å². The number of hydrogen-bond donors (Lipinski definition) is 0. The van der Waals surface area contributed by atoms with Gasteiger partial charge in [-0.15, -0.1) is 0 Å². The fourth-order valence-corrected chi connectivity index (χ4v) is 0.681. The first kappa shape index (κ1) is 5.58. The molecule has 0 unspecified atom stereocenters. The minimum absolute atomic E-state index is 0.220. The largest absolute Gasteiger partial charge is 0.300 e. The van der Waals surface area contributed by atoms with E-state index in [1.54, 1.807) is 0 Å². The molecular formula is C6H10N2. The van der Waals surface area contributed by atoms with Crippen LogP contribution in [0.15, 0.2) is 0 Å². The first-order chi connectivity index (χ1) is 3.83. The van der Waals surface area contributed by atoms with Gasteiger partial charge in [0.25, 0.3) is 0 Å². The van der Waals surface area contributed by atoms with Gasteiger partial charge in [-0.25, -0.2) is 0 Å². The molecule has 1 saturated heterocycles. The van der Waals surface area contributed by atoms with Gasteiger partial charge in [-0.1, -0.05) is 0 Å². The van der Waals surface area contributed by atoms with E-state index in [0.29, 0.717) is 0 Å². The average molecular weight is 110 g/mol. The first-order valence-corrected chi connectivity index (χ1v) is 2.95. The van der Waals surface area contributed by atoms with E-state index in [9.17, 15) is 0 Å². The molecule has 1 fully saturated rings. The summed E-state index contributed by atoms with van der Waals surface area (Å²) in [5.74, 6) is 0.220. The highest BCUT2D eigenvalue weighted by atomic mass is 15.3. The molecule has 2 nitrogen and oxygen atoms in total. The van der Waals surface area contributed by atoms with Crippen LogP contribution in [0.3, 0.4) is 0 Å². The van der Waals surface area contributed by atoms with Crippen molar-refractivity contribution < 1.29 is 0 Å². The van der Waals surface area contributed by atoms with Crippen molar-refractivity contribution >= 4 is 0 Å². The van der Waals surface area contributed by atoms with Crippen LogP contribution in [0.2, 0.25) is 0 Å². The highest BCUT2D eigenvalue weighted by Crippen LogP contribution is 2.06. The summed E-state index contributed by atoms with van der Waals surface area (Å²) >= 11 is 0. The van der Waals surface area contributed by atoms with Crippen molar-refractivity contribution in [1.82, 2.24) is 4.90 Å². The minimum atomic E-state index is 0.220. The van der Waals surface area contributed by atoms with Crippen molar-refractivity contribution in [2.45, 2.75) is 6.92 Å². The van der Waals surface area contributed by atoms with Crippen LogP contribution in [0.1, 0.15) is 6.92 Å². The molecule has 8 heavy (non-hydrogen) atoms. The Morgan fingerprint density at radius 2 is 2.38 bits per heavy atom. The van der Waals surface area contributed by atoms with E-state index in [2.05, 4.69) is 11.0 Å². The second-order valence-corrected chi connectivity index (χ2v) is 2.33. The predicted octanol–water partition coefficient (Wildman–Crippen LogP) is 0.462. The lowest BCUT2D eigenvalue weighted by Gasteiger charge is -1.98. The lowest BCUT2D eigenvalue weighted by atomic mass is 10.2. The molecule has 0 aromatic rings. The summed E-state index contributed by atoms with van der Waals surface area (Å²) in [6, 6.07) is 2.19. The van der Waals surface area contributed by atoms with Crippen LogP contribution in [-0.2, 0) is 0 Å². The van der Waals surface area contributed by atoms with Crippen LogP contribution in [0.25, 0.3) is 0 Å². The summed E-state index contributed by atoms with van der Waals surface area (Å²) in [7, 11) is 0. The predicted molar refractivity (Wildman–Crippen MR) is 31.2 cm³/mol. The van der Waals surface area contributed by atoms with E-state index in [4.69, 9.17) is 5.26 Å². The standard InChI is InChI=1S/C6H10N2/c1-6(4-7)5-8-2-3-8/h6H,2-3,5H2,1H3/t6-/m0/s1. The van der Waals surface area contributed by atoms with Gasteiger partial charge in [-0.3, -0.25) is 4.90 Å². The molecule has 0 N–H and O–H groups in total. The molecule has 1 aliphatic rings. The maximum absolute atomic E-state index is 8.33. The molecular weight excluding hydrogens is 100 g/mol. The highest BCUT2D eigenvalue weighted by Gasteiger charge is 2.18. The maximum atomic E-state index is 8.33. The van der Waals surface area contributed by atoms with Gasteiger partial charge in [0, 0.05) is 19.6 Å². The van der Waals surface area contributed by atoms with Crippen molar-refractivity contribution in [3.63, 3.8) is 0 Å². The number of nitriles is 1. The van der Waals surface area contributed by atoms with Crippen LogP contribution in [-0.4, -0.2) is 24.5 Å². The number of nitrogens with zero attached hydrogens (tertiary/aromatic N) is 2. The van der Waals surface area contributed by atoms with E-state index >= 15 is 0 Å². The molecule has 1 heterocycles. The number of rotatable bonds is 2. The van der Waals surface area contributed by atoms with Gasteiger partial charge < -0.3 is 0 Å². The molecule has 0 aliphatic carbocycles. The summed E-state index contributed by atoms with van der Waals surface area (Å²) in [6.45, 7) is 5.33. The Labute approximate surface area is 49.7 Å². The zero-order valence-electron chi connectivity index (χ0n) is 5.09. The van der Waals surface area contributed by atoms with Gasteiger partial charge in [0.15, 0.2) is 0 Å². The lowest BCUT2D eigenvalue weighted by Crippen LogP contribution is -2.07. The Hall–Kier alpha value is -0.550. The van der Waals surface area contributed by atoms with E-state index in [0.717, 1.165) is 6.54 Å². The Kier molecular flexibility index (Phi) is 1.50. The van der Waals surface area contributed by atoms with Crippen LogP contribution in [0, 0.1) is 17.2 Å². The zero-order valence-corrected chi connectivity index (χ0v) is 5.09. The molecule has 0 amide bonds. The Bertz CT molecular complexity index is 110. The fourth-order valence-electron chi connectivity index (χ4n) is 0.681. The van der Waals surface area contributed by atoms with Gasteiger partial charge in [-0.2, -0.15) is 5.26 Å². The van der Waals surface area contributed by atoms with Gasteiger partial charge in [0.05, 0.1) is 12.0 Å². The Morgan fingerprint density at radius 3 is 2.75 bits per heavy atom. The van der Waals surface area contributed by atoms with Crippen molar-refractivity contribution in [2.24, 2.45) is 5.92 Å². The van der Waals surface area contributed by atoms with Crippen LogP contribution < -0.4 is 0 Å². The molecule has 0 saturated carbocycles. The van der Waals surface area contributed by atoms with Crippen LogP contribution in [0.4, 0.5) is 0 Å². The van der Waals surface area contributed by atoms with Gasteiger partial charge in [-0.05, 0) is 6.92 Å². The maximum Gasteiger partial charge on any atom is 0.0666 e. The normalized spacial score (nSPS) is 22.0. The smallest absolute Gasteiger partial charge is 0.0666 e. The molecule has 44 valence electrons. The van der Waals surface area contributed by atoms with Crippen molar-refractivity contribution in [3.05, 3.63) is 0 Å². The highest BCUT2D eigenvalue weighted by molar-refractivity contribution is 4.85. The monoisotopic (exact) mass is 110 g/mol. The topological polar surface area (TPSA) is 26.8 Å². The SMILES string of the molecule is C[C@@H](C#N)CN1CC1. The zero-order chi connectivity index (χ0) is 5.98. The molecule has 0 aromatic heterocycles.